The van der Waals surface area contributed by atoms with Crippen molar-refractivity contribution in [3.63, 3.8) is 0 Å². The molecule has 7 nitrogen and oxygen atoms in total. The van der Waals surface area contributed by atoms with Crippen LogP contribution in [-0.4, -0.2) is 35.7 Å². The van der Waals surface area contributed by atoms with Gasteiger partial charge in [0.2, 0.25) is 0 Å². The first-order valence-corrected chi connectivity index (χ1v) is 8.37. The van der Waals surface area contributed by atoms with Gasteiger partial charge in [-0.05, 0) is 26.7 Å². The van der Waals surface area contributed by atoms with Crippen LogP contribution < -0.4 is 5.32 Å². The summed E-state index contributed by atoms with van der Waals surface area (Å²) in [4.78, 5) is 12.4. The van der Waals surface area contributed by atoms with Crippen molar-refractivity contribution in [2.75, 3.05) is 0 Å². The number of carbonyl (C=O) groups excluding carboxylic acids is 1. The summed E-state index contributed by atoms with van der Waals surface area (Å²) in [6.07, 6.45) is 5.76. The van der Waals surface area contributed by atoms with Crippen LogP contribution in [0.25, 0.3) is 0 Å². The van der Waals surface area contributed by atoms with Crippen LogP contribution in [0.15, 0.2) is 0 Å². The van der Waals surface area contributed by atoms with Crippen molar-refractivity contribution in [2.45, 2.75) is 58.5 Å². The van der Waals surface area contributed by atoms with Gasteiger partial charge in [0.15, 0.2) is 5.69 Å². The minimum Gasteiger partial charge on any atom is -0.348 e. The van der Waals surface area contributed by atoms with Crippen molar-refractivity contribution in [2.24, 2.45) is 0 Å². The smallest absolute Gasteiger partial charge is 0.273 e. The second kappa shape index (κ2) is 6.51. The van der Waals surface area contributed by atoms with Gasteiger partial charge in [-0.3, -0.25) is 4.79 Å². The van der Waals surface area contributed by atoms with E-state index < -0.39 is 0 Å². The van der Waals surface area contributed by atoms with Crippen LogP contribution in [0, 0.1) is 13.8 Å². The average Bonchev–Trinajstić information content (AvgIpc) is 3.08. The lowest BCUT2D eigenvalue weighted by molar-refractivity contribution is 0.0922. The van der Waals surface area contributed by atoms with E-state index in [0.717, 1.165) is 29.9 Å². The molecule has 1 saturated carbocycles. The zero-order valence-electron chi connectivity index (χ0n) is 12.9. The molecule has 2 aromatic rings. The quantitative estimate of drug-likeness (QED) is 0.929. The Balaban J connectivity index is 1.69. The Kier molecular flexibility index (Phi) is 4.47. The molecule has 22 heavy (non-hydrogen) atoms. The molecule has 1 aliphatic rings. The fourth-order valence-corrected chi connectivity index (χ4v) is 3.31. The fourth-order valence-electron chi connectivity index (χ4n) is 2.76. The summed E-state index contributed by atoms with van der Waals surface area (Å²) in [7, 11) is 0. The standard InChI is InChI=1S/C14H20N6OS/c1-9-12(18-22-17-9)8-20-10(2)13(16-19-20)14(21)15-11-6-4-3-5-7-11/h11H,3-8H2,1-2H3,(H,15,21). The van der Waals surface area contributed by atoms with Gasteiger partial charge in [0.25, 0.3) is 5.91 Å². The van der Waals surface area contributed by atoms with Crippen LogP contribution in [-0.2, 0) is 6.54 Å². The number of rotatable bonds is 4. The summed E-state index contributed by atoms with van der Waals surface area (Å²) in [5, 5.41) is 11.2. The summed E-state index contributed by atoms with van der Waals surface area (Å²) >= 11 is 1.19. The number of nitrogens with zero attached hydrogens (tertiary/aromatic N) is 5. The highest BCUT2D eigenvalue weighted by molar-refractivity contribution is 6.99. The zero-order valence-corrected chi connectivity index (χ0v) is 13.7. The van der Waals surface area contributed by atoms with E-state index in [1.54, 1.807) is 4.68 Å². The van der Waals surface area contributed by atoms with E-state index in [-0.39, 0.29) is 11.9 Å². The lowest BCUT2D eigenvalue weighted by Gasteiger charge is -2.22. The second-order valence-electron chi connectivity index (χ2n) is 5.79. The van der Waals surface area contributed by atoms with Crippen molar-refractivity contribution in [3.8, 4) is 0 Å². The normalized spacial score (nSPS) is 15.9. The lowest BCUT2D eigenvalue weighted by atomic mass is 9.95. The molecule has 1 aliphatic carbocycles. The van der Waals surface area contributed by atoms with E-state index in [0.29, 0.717) is 12.2 Å². The monoisotopic (exact) mass is 320 g/mol. The van der Waals surface area contributed by atoms with Gasteiger partial charge < -0.3 is 5.32 Å². The molecule has 0 radical (unpaired) electrons. The van der Waals surface area contributed by atoms with Gasteiger partial charge >= 0.3 is 0 Å². The zero-order chi connectivity index (χ0) is 15.5. The van der Waals surface area contributed by atoms with Crippen LogP contribution in [0.1, 0.15) is 59.7 Å². The van der Waals surface area contributed by atoms with Gasteiger partial charge in [-0.1, -0.05) is 24.5 Å². The molecule has 0 unspecified atom stereocenters. The third-order valence-electron chi connectivity index (χ3n) is 4.18. The largest absolute Gasteiger partial charge is 0.348 e. The molecule has 1 fully saturated rings. The molecule has 8 heteroatoms. The number of hydrogen-bond donors (Lipinski definition) is 1. The van der Waals surface area contributed by atoms with Gasteiger partial charge in [-0.25, -0.2) is 4.68 Å². The number of aromatic nitrogens is 5. The van der Waals surface area contributed by atoms with Gasteiger partial charge in [0, 0.05) is 6.04 Å². The molecule has 2 heterocycles. The maximum absolute atomic E-state index is 12.4. The molecule has 3 rings (SSSR count). The third-order valence-corrected chi connectivity index (χ3v) is 4.84. The number of carbonyl (C=O) groups is 1. The molecule has 0 atom stereocenters. The molecular formula is C14H20N6OS. The lowest BCUT2D eigenvalue weighted by Crippen LogP contribution is -2.36. The highest BCUT2D eigenvalue weighted by Gasteiger charge is 2.21. The summed E-state index contributed by atoms with van der Waals surface area (Å²) < 4.78 is 10.1. The van der Waals surface area contributed by atoms with Gasteiger partial charge in [-0.15, -0.1) is 5.10 Å². The van der Waals surface area contributed by atoms with Gasteiger partial charge in [0.05, 0.1) is 35.4 Å². The second-order valence-corrected chi connectivity index (χ2v) is 6.31. The highest BCUT2D eigenvalue weighted by atomic mass is 32.1. The molecular weight excluding hydrogens is 300 g/mol. The molecule has 2 aromatic heterocycles. The minimum absolute atomic E-state index is 0.122. The highest BCUT2D eigenvalue weighted by Crippen LogP contribution is 2.18. The van der Waals surface area contributed by atoms with Crippen LogP contribution >= 0.6 is 11.7 Å². The Hall–Kier alpha value is -1.83. The Morgan fingerprint density at radius 1 is 1.27 bits per heavy atom. The van der Waals surface area contributed by atoms with E-state index in [2.05, 4.69) is 24.4 Å². The van der Waals surface area contributed by atoms with Gasteiger partial charge in [-0.2, -0.15) is 8.75 Å². The van der Waals surface area contributed by atoms with Crippen molar-refractivity contribution in [1.29, 1.82) is 0 Å². The Morgan fingerprint density at radius 2 is 2.05 bits per heavy atom. The molecule has 1 amide bonds. The summed E-state index contributed by atoms with van der Waals surface area (Å²) in [5.41, 5.74) is 2.94. The number of hydrogen-bond acceptors (Lipinski definition) is 6. The average molecular weight is 320 g/mol. The number of amides is 1. The topological polar surface area (TPSA) is 85.6 Å². The molecule has 0 bridgehead atoms. The first kappa shape index (κ1) is 15.1. The van der Waals surface area contributed by atoms with E-state index >= 15 is 0 Å². The predicted octanol–water partition coefficient (Wildman–Crippen LogP) is 1.86. The Labute approximate surface area is 133 Å². The fraction of sp³-hybridized carbons (Fsp3) is 0.643. The minimum atomic E-state index is -0.122. The molecule has 1 N–H and O–H groups in total. The van der Waals surface area contributed by atoms with Gasteiger partial charge in [0.1, 0.15) is 0 Å². The SMILES string of the molecule is Cc1nsnc1Cn1nnc(C(=O)NC2CCCCC2)c1C. The van der Waals surface area contributed by atoms with Crippen molar-refractivity contribution < 1.29 is 4.79 Å². The maximum atomic E-state index is 12.4. The summed E-state index contributed by atoms with van der Waals surface area (Å²) in [6.45, 7) is 4.28. The molecule has 0 aliphatic heterocycles. The number of aryl methyl sites for hydroxylation is 1. The van der Waals surface area contributed by atoms with E-state index in [1.165, 1.54) is 31.0 Å². The summed E-state index contributed by atoms with van der Waals surface area (Å²) in [6, 6.07) is 0.274. The first-order valence-electron chi connectivity index (χ1n) is 7.64. The van der Waals surface area contributed by atoms with Crippen molar-refractivity contribution in [3.05, 3.63) is 22.8 Å². The molecule has 118 valence electrons. The van der Waals surface area contributed by atoms with Crippen LogP contribution in [0.4, 0.5) is 0 Å². The molecule has 0 spiro atoms. The predicted molar refractivity (Wildman–Crippen MR) is 82.8 cm³/mol. The molecule has 0 aromatic carbocycles. The Bertz CT molecular complexity index is 658. The first-order chi connectivity index (χ1) is 10.6. The van der Waals surface area contributed by atoms with Crippen LogP contribution in [0.3, 0.4) is 0 Å². The number of nitrogens with one attached hydrogen (secondary N) is 1. The maximum Gasteiger partial charge on any atom is 0.273 e. The van der Waals surface area contributed by atoms with Crippen molar-refractivity contribution >= 4 is 17.6 Å². The van der Waals surface area contributed by atoms with E-state index in [1.807, 2.05) is 13.8 Å². The van der Waals surface area contributed by atoms with E-state index in [4.69, 9.17) is 0 Å². The third kappa shape index (κ3) is 3.16. The van der Waals surface area contributed by atoms with Crippen LogP contribution in [0.5, 0.6) is 0 Å². The Morgan fingerprint density at radius 3 is 2.73 bits per heavy atom. The van der Waals surface area contributed by atoms with Crippen molar-refractivity contribution in [1.82, 2.24) is 29.1 Å². The molecule has 0 saturated heterocycles. The summed E-state index contributed by atoms with van der Waals surface area (Å²) in [5.74, 6) is -0.122. The van der Waals surface area contributed by atoms with E-state index in [9.17, 15) is 4.79 Å². The van der Waals surface area contributed by atoms with Crippen LogP contribution in [0.2, 0.25) is 0 Å².